The lowest BCUT2D eigenvalue weighted by Gasteiger charge is -2.20. The number of fused-ring (bicyclic) bond motifs is 1. The van der Waals surface area contributed by atoms with Crippen LogP contribution >= 0.6 is 0 Å². The monoisotopic (exact) mass is 258 g/mol. The SMILES string of the molecule is Cc1cc(C)c(C)c(C(O)C2C3CCCCC32)c1C. The smallest absolute Gasteiger partial charge is 0.0829 e. The summed E-state index contributed by atoms with van der Waals surface area (Å²) < 4.78 is 0. The first-order valence-electron chi connectivity index (χ1n) is 7.77. The molecule has 1 heteroatoms. The molecule has 2 fully saturated rings. The minimum atomic E-state index is -0.230. The van der Waals surface area contributed by atoms with Crippen LogP contribution in [0.5, 0.6) is 0 Å². The van der Waals surface area contributed by atoms with Gasteiger partial charge in [0.15, 0.2) is 0 Å². The van der Waals surface area contributed by atoms with Gasteiger partial charge in [-0.15, -0.1) is 0 Å². The topological polar surface area (TPSA) is 20.2 Å². The zero-order valence-corrected chi connectivity index (χ0v) is 12.7. The van der Waals surface area contributed by atoms with Crippen LogP contribution < -0.4 is 0 Å². The average molecular weight is 258 g/mol. The van der Waals surface area contributed by atoms with Crippen molar-refractivity contribution in [3.8, 4) is 0 Å². The quantitative estimate of drug-likeness (QED) is 0.834. The number of aliphatic hydroxyl groups is 1. The van der Waals surface area contributed by atoms with Gasteiger partial charge in [-0.2, -0.15) is 0 Å². The highest BCUT2D eigenvalue weighted by molar-refractivity contribution is 5.46. The van der Waals surface area contributed by atoms with Crippen LogP contribution in [0.1, 0.15) is 59.6 Å². The van der Waals surface area contributed by atoms with Crippen molar-refractivity contribution in [1.29, 1.82) is 0 Å². The molecule has 0 aliphatic heterocycles. The van der Waals surface area contributed by atoms with Gasteiger partial charge in [-0.3, -0.25) is 0 Å². The van der Waals surface area contributed by atoms with Crippen molar-refractivity contribution in [1.82, 2.24) is 0 Å². The molecule has 0 heterocycles. The second-order valence-corrected chi connectivity index (χ2v) is 6.81. The maximum Gasteiger partial charge on any atom is 0.0829 e. The molecule has 0 radical (unpaired) electrons. The van der Waals surface area contributed by atoms with Crippen molar-refractivity contribution in [2.45, 2.75) is 59.5 Å². The molecule has 3 rings (SSSR count). The number of aryl methyl sites for hydroxylation is 2. The Morgan fingerprint density at radius 1 is 0.947 bits per heavy atom. The van der Waals surface area contributed by atoms with Crippen molar-refractivity contribution in [3.05, 3.63) is 33.9 Å². The van der Waals surface area contributed by atoms with E-state index in [0.717, 1.165) is 11.8 Å². The maximum absolute atomic E-state index is 10.9. The van der Waals surface area contributed by atoms with E-state index in [2.05, 4.69) is 33.8 Å². The molecule has 19 heavy (non-hydrogen) atoms. The highest BCUT2D eigenvalue weighted by atomic mass is 16.3. The van der Waals surface area contributed by atoms with Crippen LogP contribution in [0.25, 0.3) is 0 Å². The van der Waals surface area contributed by atoms with E-state index < -0.39 is 0 Å². The fourth-order valence-electron chi connectivity index (χ4n) is 4.40. The van der Waals surface area contributed by atoms with Crippen molar-refractivity contribution in [2.75, 3.05) is 0 Å². The molecule has 104 valence electrons. The number of aliphatic hydroxyl groups excluding tert-OH is 1. The second kappa shape index (κ2) is 4.63. The van der Waals surface area contributed by atoms with E-state index in [-0.39, 0.29) is 6.10 Å². The first kappa shape index (κ1) is 13.2. The van der Waals surface area contributed by atoms with Gasteiger partial charge in [-0.25, -0.2) is 0 Å². The summed E-state index contributed by atoms with van der Waals surface area (Å²) in [6, 6.07) is 2.25. The van der Waals surface area contributed by atoms with Gasteiger partial charge in [0, 0.05) is 0 Å². The number of benzene rings is 1. The summed E-state index contributed by atoms with van der Waals surface area (Å²) in [5.74, 6) is 2.16. The largest absolute Gasteiger partial charge is 0.388 e. The van der Waals surface area contributed by atoms with Gasteiger partial charge >= 0.3 is 0 Å². The molecule has 0 spiro atoms. The molecule has 2 saturated carbocycles. The first-order valence-corrected chi connectivity index (χ1v) is 7.77. The highest BCUT2D eigenvalue weighted by Gasteiger charge is 2.54. The summed E-state index contributed by atoms with van der Waals surface area (Å²) in [5, 5.41) is 10.9. The zero-order chi connectivity index (χ0) is 13.7. The van der Waals surface area contributed by atoms with E-state index in [4.69, 9.17) is 0 Å². The van der Waals surface area contributed by atoms with Gasteiger partial charge in [-0.1, -0.05) is 18.9 Å². The Morgan fingerprint density at radius 3 is 1.89 bits per heavy atom. The first-order chi connectivity index (χ1) is 9.02. The van der Waals surface area contributed by atoms with Gasteiger partial charge < -0.3 is 5.11 Å². The van der Waals surface area contributed by atoms with E-state index in [1.54, 1.807) is 0 Å². The van der Waals surface area contributed by atoms with Crippen LogP contribution in [-0.2, 0) is 0 Å². The Bertz CT molecular complexity index is 465. The molecule has 0 amide bonds. The molecule has 3 unspecified atom stereocenters. The third kappa shape index (κ3) is 2.03. The molecule has 0 saturated heterocycles. The minimum Gasteiger partial charge on any atom is -0.388 e. The second-order valence-electron chi connectivity index (χ2n) is 6.81. The van der Waals surface area contributed by atoms with E-state index in [1.165, 1.54) is 53.5 Å². The summed E-state index contributed by atoms with van der Waals surface area (Å²) in [7, 11) is 0. The summed E-state index contributed by atoms with van der Waals surface area (Å²) in [6.07, 6.45) is 5.20. The number of rotatable bonds is 2. The molecule has 1 aromatic rings. The van der Waals surface area contributed by atoms with Crippen LogP contribution in [0, 0.1) is 45.4 Å². The van der Waals surface area contributed by atoms with Crippen LogP contribution in [0.4, 0.5) is 0 Å². The molecule has 1 aromatic carbocycles. The summed E-state index contributed by atoms with van der Waals surface area (Å²) in [4.78, 5) is 0. The Balaban J connectivity index is 1.94. The van der Waals surface area contributed by atoms with Gasteiger partial charge in [-0.05, 0) is 86.1 Å². The predicted octanol–water partition coefficient (Wildman–Crippen LogP) is 4.39. The van der Waals surface area contributed by atoms with Crippen molar-refractivity contribution in [3.63, 3.8) is 0 Å². The van der Waals surface area contributed by atoms with Crippen LogP contribution in [0.15, 0.2) is 6.07 Å². The highest BCUT2D eigenvalue weighted by Crippen LogP contribution is 2.60. The van der Waals surface area contributed by atoms with E-state index >= 15 is 0 Å². The number of hydrogen-bond donors (Lipinski definition) is 1. The van der Waals surface area contributed by atoms with Gasteiger partial charge in [0.25, 0.3) is 0 Å². The lowest BCUT2D eigenvalue weighted by Crippen LogP contribution is -2.09. The normalized spacial score (nSPS) is 30.9. The van der Waals surface area contributed by atoms with Gasteiger partial charge in [0.1, 0.15) is 0 Å². The molecule has 0 aromatic heterocycles. The van der Waals surface area contributed by atoms with E-state index in [1.807, 2.05) is 0 Å². The fraction of sp³-hybridized carbons (Fsp3) is 0.667. The van der Waals surface area contributed by atoms with Gasteiger partial charge in [0.2, 0.25) is 0 Å². The van der Waals surface area contributed by atoms with Crippen LogP contribution in [0.3, 0.4) is 0 Å². The molecule has 1 nitrogen and oxygen atoms in total. The maximum atomic E-state index is 10.9. The fourth-order valence-corrected chi connectivity index (χ4v) is 4.40. The molecular formula is C18H26O. The third-order valence-electron chi connectivity index (χ3n) is 5.81. The molecule has 2 aliphatic carbocycles. The lowest BCUT2D eigenvalue weighted by atomic mass is 9.88. The minimum absolute atomic E-state index is 0.230. The zero-order valence-electron chi connectivity index (χ0n) is 12.7. The van der Waals surface area contributed by atoms with Crippen LogP contribution in [0.2, 0.25) is 0 Å². The molecule has 0 bridgehead atoms. The molecule has 3 atom stereocenters. The Labute approximate surface area is 117 Å². The van der Waals surface area contributed by atoms with E-state index in [0.29, 0.717) is 5.92 Å². The Morgan fingerprint density at radius 2 is 1.42 bits per heavy atom. The molecule has 1 N–H and O–H groups in total. The Hall–Kier alpha value is -0.820. The number of hydrogen-bond acceptors (Lipinski definition) is 1. The third-order valence-corrected chi connectivity index (χ3v) is 5.81. The lowest BCUT2D eigenvalue weighted by molar-refractivity contribution is 0.140. The average Bonchev–Trinajstić information content (AvgIpc) is 3.11. The van der Waals surface area contributed by atoms with Crippen molar-refractivity contribution >= 4 is 0 Å². The predicted molar refractivity (Wildman–Crippen MR) is 79.3 cm³/mol. The summed E-state index contributed by atoms with van der Waals surface area (Å²) >= 11 is 0. The summed E-state index contributed by atoms with van der Waals surface area (Å²) in [6.45, 7) is 8.68. The standard InChI is InChI=1S/C18H26O/c1-10-9-11(2)13(4)16(12(10)3)18(19)17-14-7-5-6-8-15(14)17/h9,14-15,17-19H,5-8H2,1-4H3. The summed E-state index contributed by atoms with van der Waals surface area (Å²) in [5.41, 5.74) is 6.48. The van der Waals surface area contributed by atoms with Crippen LogP contribution in [-0.4, -0.2) is 5.11 Å². The molecular weight excluding hydrogens is 232 g/mol. The van der Waals surface area contributed by atoms with Crippen molar-refractivity contribution < 1.29 is 5.11 Å². The van der Waals surface area contributed by atoms with Gasteiger partial charge in [0.05, 0.1) is 6.10 Å². The Kier molecular flexibility index (Phi) is 3.21. The molecule has 2 aliphatic rings. The van der Waals surface area contributed by atoms with E-state index in [9.17, 15) is 5.11 Å². The van der Waals surface area contributed by atoms with Crippen molar-refractivity contribution in [2.24, 2.45) is 17.8 Å².